The van der Waals surface area contributed by atoms with Gasteiger partial charge in [0.25, 0.3) is 0 Å². The van der Waals surface area contributed by atoms with Crippen molar-refractivity contribution in [2.24, 2.45) is 0 Å². The molecule has 1 aliphatic heterocycles. The van der Waals surface area contributed by atoms with Crippen LogP contribution >= 0.6 is 11.8 Å². The van der Waals surface area contributed by atoms with Crippen molar-refractivity contribution in [1.29, 1.82) is 0 Å². The van der Waals surface area contributed by atoms with E-state index in [1.807, 2.05) is 11.8 Å². The highest BCUT2D eigenvalue weighted by Gasteiger charge is 2.25. The first kappa shape index (κ1) is 27.2. The lowest BCUT2D eigenvalue weighted by atomic mass is 10.1. The predicted molar refractivity (Wildman–Crippen MR) is 202 cm³/mol. The molecule has 3 nitrogen and oxygen atoms in total. The fourth-order valence-electron chi connectivity index (χ4n) is 7.41. The van der Waals surface area contributed by atoms with E-state index in [0.29, 0.717) is 0 Å². The Morgan fingerprint density at radius 2 is 0.979 bits per heavy atom. The molecule has 0 N–H and O–H groups in total. The van der Waals surface area contributed by atoms with Crippen molar-refractivity contribution in [3.63, 3.8) is 0 Å². The van der Waals surface area contributed by atoms with Crippen LogP contribution in [0.4, 0.5) is 17.1 Å². The molecule has 3 heterocycles. The lowest BCUT2D eigenvalue weighted by Crippen LogP contribution is -2.14. The minimum Gasteiger partial charge on any atom is -0.308 e. The monoisotopic (exact) mass is 631 g/mol. The largest absolute Gasteiger partial charge is 0.308 e. The van der Waals surface area contributed by atoms with E-state index in [2.05, 4.69) is 190 Å². The van der Waals surface area contributed by atoms with Crippen LogP contribution < -0.4 is 4.90 Å². The Morgan fingerprint density at radius 3 is 1.71 bits per heavy atom. The Hall–Kier alpha value is -5.97. The Balaban J connectivity index is 1.24. The third-order valence-corrected chi connectivity index (χ3v) is 10.6. The number of nitrogens with zero attached hydrogens (tertiary/aromatic N) is 3. The van der Waals surface area contributed by atoms with E-state index in [4.69, 9.17) is 0 Å². The fraction of sp³-hybridized carbons (Fsp3) is 0. The molecule has 0 saturated carbocycles. The molecule has 0 spiro atoms. The second-order valence-electron chi connectivity index (χ2n) is 12.2. The molecular weight excluding hydrogens is 603 g/mol. The zero-order chi connectivity index (χ0) is 31.6. The van der Waals surface area contributed by atoms with Gasteiger partial charge in [-0.1, -0.05) is 115 Å². The van der Waals surface area contributed by atoms with E-state index in [9.17, 15) is 0 Å². The summed E-state index contributed by atoms with van der Waals surface area (Å²) in [5.41, 5.74) is 11.8. The molecule has 7 aromatic carbocycles. The summed E-state index contributed by atoms with van der Waals surface area (Å²) in [6.45, 7) is 0. The first-order chi connectivity index (χ1) is 23.8. The molecule has 2 aromatic heterocycles. The van der Waals surface area contributed by atoms with Crippen LogP contribution in [0.5, 0.6) is 0 Å². The van der Waals surface area contributed by atoms with Crippen LogP contribution in [0.3, 0.4) is 0 Å². The summed E-state index contributed by atoms with van der Waals surface area (Å²) in [6, 6.07) is 63.7. The number of hydrogen-bond donors (Lipinski definition) is 0. The third kappa shape index (κ3) is 4.09. The summed E-state index contributed by atoms with van der Waals surface area (Å²) < 4.78 is 4.90. The van der Waals surface area contributed by atoms with E-state index < -0.39 is 0 Å². The summed E-state index contributed by atoms with van der Waals surface area (Å²) in [5, 5.41) is 3.70. The van der Waals surface area contributed by atoms with E-state index in [-0.39, 0.29) is 0 Å². The van der Waals surface area contributed by atoms with Crippen LogP contribution in [0.1, 0.15) is 0 Å². The molecule has 0 aliphatic carbocycles. The number of rotatable bonds is 4. The first-order valence-electron chi connectivity index (χ1n) is 16.3. The van der Waals surface area contributed by atoms with Crippen molar-refractivity contribution in [3.05, 3.63) is 176 Å². The standard InChI is InChI=1S/C44H29N3S/c1-3-13-30(14-4-1)40-29-31-23-28-36-35-17-7-8-18-37(35)46(44(36)43(31)47(40)32-15-5-2-6-16-32)34-26-24-33(25-27-34)45-38-19-9-11-21-41(38)48-42-22-12-10-20-39(42)45/h1-29H. The average molecular weight is 632 g/mol. The third-order valence-electron chi connectivity index (χ3n) is 9.48. The topological polar surface area (TPSA) is 13.1 Å². The van der Waals surface area contributed by atoms with Gasteiger partial charge in [0.05, 0.1) is 33.6 Å². The van der Waals surface area contributed by atoms with Crippen LogP contribution in [-0.4, -0.2) is 9.13 Å². The van der Waals surface area contributed by atoms with Gasteiger partial charge in [-0.15, -0.1) is 0 Å². The average Bonchev–Trinajstić information content (AvgIpc) is 3.71. The number of anilines is 3. The van der Waals surface area contributed by atoms with Gasteiger partial charge >= 0.3 is 0 Å². The lowest BCUT2D eigenvalue weighted by molar-refractivity contribution is 1.12. The summed E-state index contributed by atoms with van der Waals surface area (Å²) in [6.07, 6.45) is 0. The number of fused-ring (bicyclic) bond motifs is 7. The molecule has 1 aliphatic rings. The van der Waals surface area contributed by atoms with Crippen molar-refractivity contribution < 1.29 is 0 Å². The van der Waals surface area contributed by atoms with Crippen molar-refractivity contribution in [1.82, 2.24) is 9.13 Å². The minimum absolute atomic E-state index is 1.13. The number of aromatic nitrogens is 2. The van der Waals surface area contributed by atoms with Crippen LogP contribution in [0.25, 0.3) is 55.3 Å². The van der Waals surface area contributed by atoms with Crippen molar-refractivity contribution in [3.8, 4) is 22.6 Å². The Morgan fingerprint density at radius 1 is 0.396 bits per heavy atom. The van der Waals surface area contributed by atoms with Gasteiger partial charge in [-0.3, -0.25) is 0 Å². The van der Waals surface area contributed by atoms with Gasteiger partial charge in [-0.25, -0.2) is 0 Å². The summed E-state index contributed by atoms with van der Waals surface area (Å²) in [5.74, 6) is 0. The molecule has 226 valence electrons. The number of para-hydroxylation sites is 4. The van der Waals surface area contributed by atoms with Crippen molar-refractivity contribution >= 4 is 61.5 Å². The lowest BCUT2D eigenvalue weighted by Gasteiger charge is -2.32. The zero-order valence-electron chi connectivity index (χ0n) is 26.0. The normalized spacial score (nSPS) is 12.5. The van der Waals surface area contributed by atoms with Gasteiger partial charge in [-0.05, 0) is 78.4 Å². The smallest absolute Gasteiger partial charge is 0.0788 e. The summed E-state index contributed by atoms with van der Waals surface area (Å²) >= 11 is 1.84. The maximum absolute atomic E-state index is 2.46. The van der Waals surface area contributed by atoms with Gasteiger partial charge in [0, 0.05) is 43.0 Å². The van der Waals surface area contributed by atoms with Gasteiger partial charge in [0.2, 0.25) is 0 Å². The molecule has 10 rings (SSSR count). The van der Waals surface area contributed by atoms with E-state index in [0.717, 1.165) is 17.1 Å². The quantitative estimate of drug-likeness (QED) is 0.192. The molecule has 48 heavy (non-hydrogen) atoms. The van der Waals surface area contributed by atoms with Crippen molar-refractivity contribution in [2.45, 2.75) is 9.79 Å². The number of hydrogen-bond acceptors (Lipinski definition) is 2. The minimum atomic E-state index is 1.13. The molecule has 0 amide bonds. The SMILES string of the molecule is c1ccc(-c2cc3ccc4c5ccccc5n(-c5ccc(N6c7ccccc7Sc7ccccc76)cc5)c4c3n2-c2ccccc2)cc1. The highest BCUT2D eigenvalue weighted by Crippen LogP contribution is 2.51. The highest BCUT2D eigenvalue weighted by atomic mass is 32.2. The molecule has 0 unspecified atom stereocenters. The Bertz CT molecular complexity index is 2590. The molecule has 0 fully saturated rings. The molecule has 0 atom stereocenters. The summed E-state index contributed by atoms with van der Waals surface area (Å²) in [4.78, 5) is 4.92. The zero-order valence-corrected chi connectivity index (χ0v) is 26.8. The molecule has 0 radical (unpaired) electrons. The predicted octanol–water partition coefficient (Wildman–Crippen LogP) is 12.3. The van der Waals surface area contributed by atoms with Gasteiger partial charge < -0.3 is 14.0 Å². The Kier molecular flexibility index (Phi) is 6.11. The van der Waals surface area contributed by atoms with Gasteiger partial charge in [0.15, 0.2) is 0 Å². The van der Waals surface area contributed by atoms with E-state index in [1.54, 1.807) is 0 Å². The van der Waals surface area contributed by atoms with Crippen LogP contribution in [-0.2, 0) is 0 Å². The maximum Gasteiger partial charge on any atom is 0.0788 e. The van der Waals surface area contributed by atoms with Crippen molar-refractivity contribution in [2.75, 3.05) is 4.90 Å². The van der Waals surface area contributed by atoms with E-state index in [1.165, 1.54) is 65.1 Å². The molecular formula is C44H29N3S. The second kappa shape index (κ2) is 10.8. The van der Waals surface area contributed by atoms with Crippen LogP contribution in [0.15, 0.2) is 186 Å². The van der Waals surface area contributed by atoms with Crippen LogP contribution in [0, 0.1) is 0 Å². The van der Waals surface area contributed by atoms with Crippen LogP contribution in [0.2, 0.25) is 0 Å². The molecule has 0 bridgehead atoms. The second-order valence-corrected chi connectivity index (χ2v) is 13.3. The molecule has 4 heteroatoms. The van der Waals surface area contributed by atoms with E-state index >= 15 is 0 Å². The molecule has 0 saturated heterocycles. The van der Waals surface area contributed by atoms with Gasteiger partial charge in [0.1, 0.15) is 0 Å². The summed E-state index contributed by atoms with van der Waals surface area (Å²) in [7, 11) is 0. The Labute approximate surface area is 282 Å². The molecule has 9 aromatic rings. The highest BCUT2D eigenvalue weighted by molar-refractivity contribution is 7.99. The first-order valence-corrected chi connectivity index (χ1v) is 17.1. The maximum atomic E-state index is 2.46. The fourth-order valence-corrected chi connectivity index (χ4v) is 8.47. The van der Waals surface area contributed by atoms with Gasteiger partial charge in [-0.2, -0.15) is 0 Å². The number of benzene rings is 7.